The number of ether oxygens (including phenoxy) is 1. The van der Waals surface area contributed by atoms with E-state index in [0.29, 0.717) is 11.7 Å². The highest BCUT2D eigenvalue weighted by Crippen LogP contribution is 2.37. The van der Waals surface area contributed by atoms with Gasteiger partial charge in [0.25, 0.3) is 5.91 Å². The van der Waals surface area contributed by atoms with E-state index >= 15 is 0 Å². The van der Waals surface area contributed by atoms with Crippen molar-refractivity contribution in [1.82, 2.24) is 4.90 Å². The third-order valence-corrected chi connectivity index (χ3v) is 4.34. The van der Waals surface area contributed by atoms with Crippen molar-refractivity contribution in [2.75, 3.05) is 7.11 Å². The second-order valence-electron chi connectivity index (χ2n) is 5.34. The monoisotopic (exact) mass is 261 g/mol. The average molecular weight is 261 g/mol. The lowest BCUT2D eigenvalue weighted by atomic mass is 9.92. The highest BCUT2D eigenvalue weighted by atomic mass is 16.5. The Bertz CT molecular complexity index is 480. The summed E-state index contributed by atoms with van der Waals surface area (Å²) in [6.45, 7) is 0. The molecule has 19 heavy (non-hydrogen) atoms. The van der Waals surface area contributed by atoms with Gasteiger partial charge >= 0.3 is 0 Å². The first kappa shape index (κ1) is 12.6. The van der Waals surface area contributed by atoms with Crippen LogP contribution in [0.3, 0.4) is 0 Å². The van der Waals surface area contributed by atoms with Crippen LogP contribution in [0.1, 0.15) is 47.8 Å². The Labute approximate surface area is 113 Å². The number of hydrogen-bond acceptors (Lipinski definition) is 3. The van der Waals surface area contributed by atoms with Crippen LogP contribution in [0, 0.1) is 0 Å². The number of carbonyl (C=O) groups excluding carboxylic acids is 1. The topological polar surface area (TPSA) is 49.8 Å². The average Bonchev–Trinajstić information content (AvgIpc) is 2.72. The third-order valence-electron chi connectivity index (χ3n) is 4.34. The number of benzene rings is 1. The minimum atomic E-state index is -0.784. The molecule has 1 aliphatic carbocycles. The minimum Gasteiger partial charge on any atom is -0.381 e. The molecular weight excluding hydrogens is 242 g/mol. The van der Waals surface area contributed by atoms with Gasteiger partial charge in [-0.25, -0.2) is 0 Å². The van der Waals surface area contributed by atoms with Gasteiger partial charge in [-0.05, 0) is 31.7 Å². The molecule has 4 nitrogen and oxygen atoms in total. The predicted octanol–water partition coefficient (Wildman–Crippen LogP) is 2.09. The number of aliphatic hydroxyl groups is 1. The number of amides is 1. The SMILES string of the molecule is COC1CCC(N2C(=O)c3ccccc3C2O)CC1. The maximum atomic E-state index is 12.4. The zero-order valence-corrected chi connectivity index (χ0v) is 11.1. The summed E-state index contributed by atoms with van der Waals surface area (Å²) in [4.78, 5) is 14.0. The van der Waals surface area contributed by atoms with Crippen molar-refractivity contribution in [3.8, 4) is 0 Å². The van der Waals surface area contributed by atoms with Gasteiger partial charge in [-0.1, -0.05) is 18.2 Å². The summed E-state index contributed by atoms with van der Waals surface area (Å²) < 4.78 is 5.35. The van der Waals surface area contributed by atoms with E-state index in [4.69, 9.17) is 4.74 Å². The third kappa shape index (κ3) is 2.05. The van der Waals surface area contributed by atoms with Crippen LogP contribution in [0.25, 0.3) is 0 Å². The Morgan fingerprint density at radius 1 is 1.21 bits per heavy atom. The smallest absolute Gasteiger partial charge is 0.256 e. The van der Waals surface area contributed by atoms with Gasteiger partial charge < -0.3 is 14.7 Å². The van der Waals surface area contributed by atoms with Crippen LogP contribution in [0.5, 0.6) is 0 Å². The number of aliphatic hydroxyl groups excluding tert-OH is 1. The molecule has 2 aliphatic rings. The molecule has 4 heteroatoms. The van der Waals surface area contributed by atoms with E-state index in [1.807, 2.05) is 18.2 Å². The number of carbonyl (C=O) groups is 1. The van der Waals surface area contributed by atoms with Crippen molar-refractivity contribution in [2.24, 2.45) is 0 Å². The van der Waals surface area contributed by atoms with Crippen LogP contribution in [0.15, 0.2) is 24.3 Å². The van der Waals surface area contributed by atoms with Crippen LogP contribution >= 0.6 is 0 Å². The summed E-state index contributed by atoms with van der Waals surface area (Å²) in [5.41, 5.74) is 1.38. The van der Waals surface area contributed by atoms with E-state index in [-0.39, 0.29) is 11.9 Å². The van der Waals surface area contributed by atoms with Crippen molar-refractivity contribution in [3.63, 3.8) is 0 Å². The number of nitrogens with zero attached hydrogens (tertiary/aromatic N) is 1. The molecule has 1 unspecified atom stereocenters. The molecule has 1 fully saturated rings. The number of hydrogen-bond donors (Lipinski definition) is 1. The quantitative estimate of drug-likeness (QED) is 0.887. The van der Waals surface area contributed by atoms with Crippen molar-refractivity contribution in [1.29, 1.82) is 0 Å². The first-order chi connectivity index (χ1) is 9.22. The van der Waals surface area contributed by atoms with Gasteiger partial charge in [-0.15, -0.1) is 0 Å². The standard InChI is InChI=1S/C15H19NO3/c1-19-11-8-6-10(7-9-11)16-14(17)12-4-2-3-5-13(12)15(16)18/h2-5,10-11,14,17H,6-9H2,1H3. The second-order valence-corrected chi connectivity index (χ2v) is 5.34. The summed E-state index contributed by atoms with van der Waals surface area (Å²) in [6.07, 6.45) is 3.22. The normalized spacial score (nSPS) is 30.5. The van der Waals surface area contributed by atoms with Crippen molar-refractivity contribution < 1.29 is 14.6 Å². The molecular formula is C15H19NO3. The molecule has 1 atom stereocenters. The van der Waals surface area contributed by atoms with Gasteiger partial charge in [0.1, 0.15) is 0 Å². The molecule has 0 radical (unpaired) electrons. The maximum absolute atomic E-state index is 12.4. The molecule has 1 aromatic rings. The first-order valence-corrected chi connectivity index (χ1v) is 6.85. The summed E-state index contributed by atoms with van der Waals surface area (Å²) >= 11 is 0. The maximum Gasteiger partial charge on any atom is 0.256 e. The van der Waals surface area contributed by atoms with E-state index < -0.39 is 6.23 Å². The van der Waals surface area contributed by atoms with Crippen LogP contribution in [0.2, 0.25) is 0 Å². The van der Waals surface area contributed by atoms with Crippen LogP contribution in [-0.2, 0) is 4.74 Å². The van der Waals surface area contributed by atoms with E-state index in [1.54, 1.807) is 18.1 Å². The lowest BCUT2D eigenvalue weighted by molar-refractivity contribution is -0.0260. The predicted molar refractivity (Wildman–Crippen MR) is 70.6 cm³/mol. The van der Waals surface area contributed by atoms with Gasteiger partial charge in [0.15, 0.2) is 6.23 Å². The zero-order chi connectivity index (χ0) is 13.4. The molecule has 0 aromatic heterocycles. The Morgan fingerprint density at radius 3 is 2.53 bits per heavy atom. The van der Waals surface area contributed by atoms with Crippen molar-refractivity contribution in [3.05, 3.63) is 35.4 Å². The van der Waals surface area contributed by atoms with E-state index in [9.17, 15) is 9.90 Å². The minimum absolute atomic E-state index is 0.0380. The Hall–Kier alpha value is -1.39. The lowest BCUT2D eigenvalue weighted by Gasteiger charge is -2.35. The van der Waals surface area contributed by atoms with Gasteiger partial charge in [0.05, 0.1) is 6.10 Å². The molecule has 1 saturated carbocycles. The molecule has 1 aromatic carbocycles. The summed E-state index contributed by atoms with van der Waals surface area (Å²) in [5.74, 6) is -0.0380. The van der Waals surface area contributed by atoms with Gasteiger partial charge in [-0.2, -0.15) is 0 Å². The van der Waals surface area contributed by atoms with Crippen molar-refractivity contribution in [2.45, 2.75) is 44.1 Å². The number of methoxy groups -OCH3 is 1. The fraction of sp³-hybridized carbons (Fsp3) is 0.533. The molecule has 0 bridgehead atoms. The van der Waals surface area contributed by atoms with Crippen LogP contribution in [0.4, 0.5) is 0 Å². The number of rotatable bonds is 2. The van der Waals surface area contributed by atoms with E-state index in [1.165, 1.54) is 0 Å². The van der Waals surface area contributed by atoms with Crippen LogP contribution in [-0.4, -0.2) is 35.2 Å². The van der Waals surface area contributed by atoms with E-state index in [2.05, 4.69) is 0 Å². The molecule has 0 saturated heterocycles. The fourth-order valence-corrected chi connectivity index (χ4v) is 3.24. The lowest BCUT2D eigenvalue weighted by Crippen LogP contribution is -2.41. The molecule has 1 amide bonds. The molecule has 1 N–H and O–H groups in total. The Morgan fingerprint density at radius 2 is 1.89 bits per heavy atom. The summed E-state index contributed by atoms with van der Waals surface area (Å²) in [6, 6.07) is 7.46. The second kappa shape index (κ2) is 4.94. The molecule has 1 aliphatic heterocycles. The highest BCUT2D eigenvalue weighted by molar-refractivity contribution is 5.99. The van der Waals surface area contributed by atoms with Gasteiger partial charge in [-0.3, -0.25) is 4.79 Å². The van der Waals surface area contributed by atoms with E-state index in [0.717, 1.165) is 31.2 Å². The molecule has 0 spiro atoms. The van der Waals surface area contributed by atoms with Gasteiger partial charge in [0.2, 0.25) is 0 Å². The highest BCUT2D eigenvalue weighted by Gasteiger charge is 2.40. The Kier molecular flexibility index (Phi) is 3.29. The largest absolute Gasteiger partial charge is 0.381 e. The summed E-state index contributed by atoms with van der Waals surface area (Å²) in [5, 5.41) is 10.4. The number of fused-ring (bicyclic) bond motifs is 1. The summed E-state index contributed by atoms with van der Waals surface area (Å²) in [7, 11) is 1.73. The Balaban J connectivity index is 1.79. The molecule has 3 rings (SSSR count). The zero-order valence-electron chi connectivity index (χ0n) is 11.1. The first-order valence-electron chi connectivity index (χ1n) is 6.85. The fourth-order valence-electron chi connectivity index (χ4n) is 3.24. The van der Waals surface area contributed by atoms with Crippen LogP contribution < -0.4 is 0 Å². The van der Waals surface area contributed by atoms with Crippen molar-refractivity contribution >= 4 is 5.91 Å². The van der Waals surface area contributed by atoms with Gasteiger partial charge in [0, 0.05) is 24.3 Å². The molecule has 1 heterocycles. The molecule has 102 valence electrons.